The Hall–Kier alpha value is -1.80. The highest BCUT2D eigenvalue weighted by Gasteiger charge is 2.25. The van der Waals surface area contributed by atoms with Crippen LogP contribution in [0.2, 0.25) is 0 Å². The lowest BCUT2D eigenvalue weighted by Crippen LogP contribution is -2.50. The summed E-state index contributed by atoms with van der Waals surface area (Å²) in [5.41, 5.74) is 7.60. The van der Waals surface area contributed by atoms with Crippen molar-refractivity contribution in [1.82, 2.24) is 4.90 Å². The second-order valence-corrected chi connectivity index (χ2v) is 9.33. The van der Waals surface area contributed by atoms with E-state index in [-0.39, 0.29) is 6.09 Å². The van der Waals surface area contributed by atoms with Crippen LogP contribution in [-0.2, 0) is 11.2 Å². The molecule has 154 valence electrons. The lowest BCUT2D eigenvalue weighted by atomic mass is 10.1. The number of thioether (sulfide) groups is 1. The van der Waals surface area contributed by atoms with Crippen molar-refractivity contribution in [2.45, 2.75) is 39.7 Å². The van der Waals surface area contributed by atoms with Crippen LogP contribution in [0.15, 0.2) is 29.3 Å². The molecule has 6 nitrogen and oxygen atoms in total. The minimum absolute atomic E-state index is 0.239. The number of nitrogens with zero attached hydrogens (tertiary/aromatic N) is 3. The Morgan fingerprint density at radius 2 is 1.82 bits per heavy atom. The van der Waals surface area contributed by atoms with Gasteiger partial charge in [-0.05, 0) is 44.2 Å². The first kappa shape index (κ1) is 22.5. The Morgan fingerprint density at radius 3 is 2.36 bits per heavy atom. The average Bonchev–Trinajstić information content (AvgIpc) is 2.61. The molecule has 28 heavy (non-hydrogen) atoms. The summed E-state index contributed by atoms with van der Waals surface area (Å²) < 4.78 is 5.45. The molecule has 2 rings (SSSR count). The summed E-state index contributed by atoms with van der Waals surface area (Å²) in [6, 6.07) is 8.32. The number of aliphatic imine (C=N–C) groups is 1. The van der Waals surface area contributed by atoms with Crippen molar-refractivity contribution in [3.63, 3.8) is 0 Å². The first-order chi connectivity index (χ1) is 13.2. The molecule has 1 aromatic carbocycles. The zero-order valence-electron chi connectivity index (χ0n) is 17.1. The molecule has 0 spiro atoms. The van der Waals surface area contributed by atoms with Gasteiger partial charge in [0.25, 0.3) is 0 Å². The number of carbonyl (C=O) groups excluding carboxylic acids is 1. The Balaban J connectivity index is 1.87. The molecular formula is C20H30N4O2S2. The first-order valence-corrected chi connectivity index (χ1v) is 10.9. The smallest absolute Gasteiger partial charge is 0.410 e. The number of anilines is 1. The lowest BCUT2D eigenvalue weighted by Gasteiger charge is -2.36. The number of amides is 1. The van der Waals surface area contributed by atoms with Gasteiger partial charge in [0.05, 0.1) is 0 Å². The molecule has 1 fully saturated rings. The van der Waals surface area contributed by atoms with Crippen molar-refractivity contribution in [1.29, 1.82) is 0 Å². The summed E-state index contributed by atoms with van der Waals surface area (Å²) in [5, 5.41) is 0.520. The lowest BCUT2D eigenvalue weighted by molar-refractivity contribution is 0.0240. The molecule has 0 radical (unpaired) electrons. The van der Waals surface area contributed by atoms with E-state index >= 15 is 0 Å². The maximum Gasteiger partial charge on any atom is 0.410 e. The molecule has 1 amide bonds. The first-order valence-electron chi connectivity index (χ1n) is 9.49. The summed E-state index contributed by atoms with van der Waals surface area (Å²) in [6.45, 7) is 10.6. The number of hydrogen-bond donors (Lipinski definition) is 1. The Morgan fingerprint density at radius 1 is 1.21 bits per heavy atom. The topological polar surface area (TPSA) is 71.2 Å². The second-order valence-electron chi connectivity index (χ2n) is 7.57. The van der Waals surface area contributed by atoms with E-state index < -0.39 is 5.60 Å². The van der Waals surface area contributed by atoms with Gasteiger partial charge in [0, 0.05) is 38.3 Å². The SMILES string of the molecule is CCSC(N)=NC(=S)Cc1ccc(N2CCN(C(=O)OC(C)(C)C)CC2)cc1. The molecule has 1 aromatic rings. The van der Waals surface area contributed by atoms with E-state index in [1.165, 1.54) is 11.8 Å². The van der Waals surface area contributed by atoms with Gasteiger partial charge in [-0.25, -0.2) is 9.79 Å². The number of rotatable bonds is 4. The van der Waals surface area contributed by atoms with Crippen LogP contribution in [0.25, 0.3) is 0 Å². The highest BCUT2D eigenvalue weighted by molar-refractivity contribution is 8.13. The van der Waals surface area contributed by atoms with Gasteiger partial charge in [-0.15, -0.1) is 0 Å². The van der Waals surface area contributed by atoms with Crippen molar-refractivity contribution >= 4 is 45.9 Å². The number of piperazine rings is 1. The number of ether oxygens (including phenoxy) is 1. The van der Waals surface area contributed by atoms with Gasteiger partial charge >= 0.3 is 6.09 Å². The zero-order chi connectivity index (χ0) is 20.7. The molecule has 8 heteroatoms. The molecular weight excluding hydrogens is 392 g/mol. The third-order valence-electron chi connectivity index (χ3n) is 4.12. The fourth-order valence-corrected chi connectivity index (χ4v) is 3.61. The average molecular weight is 423 g/mol. The van der Waals surface area contributed by atoms with Gasteiger partial charge < -0.3 is 20.3 Å². The molecule has 1 aliphatic heterocycles. The number of amidine groups is 1. The Bertz CT molecular complexity index is 706. The molecule has 0 bridgehead atoms. The van der Waals surface area contributed by atoms with E-state index in [0.717, 1.165) is 30.1 Å². The van der Waals surface area contributed by atoms with E-state index in [2.05, 4.69) is 34.2 Å². The maximum atomic E-state index is 12.2. The van der Waals surface area contributed by atoms with Crippen molar-refractivity contribution in [3.8, 4) is 0 Å². The van der Waals surface area contributed by atoms with Crippen LogP contribution in [0.1, 0.15) is 33.3 Å². The standard InChI is InChI=1S/C20H30N4O2S2/c1-5-28-18(21)22-17(27)14-15-6-8-16(9-7-15)23-10-12-24(13-11-23)19(25)26-20(2,3)4/h6-9H,5,10-14H2,1-4H3,(H2,21,22,27). The summed E-state index contributed by atoms with van der Waals surface area (Å²) in [7, 11) is 0. The van der Waals surface area contributed by atoms with Crippen molar-refractivity contribution in [2.75, 3.05) is 36.8 Å². The molecule has 1 heterocycles. The fourth-order valence-electron chi connectivity index (χ4n) is 2.82. The number of thiocarbonyl (C=S) groups is 1. The highest BCUT2D eigenvalue weighted by atomic mass is 32.2. The van der Waals surface area contributed by atoms with Crippen molar-refractivity contribution < 1.29 is 9.53 Å². The van der Waals surface area contributed by atoms with E-state index in [1.54, 1.807) is 4.90 Å². The van der Waals surface area contributed by atoms with Crippen LogP contribution >= 0.6 is 24.0 Å². The molecule has 0 atom stereocenters. The summed E-state index contributed by atoms with van der Waals surface area (Å²) in [5.74, 6) is 0.883. The summed E-state index contributed by atoms with van der Waals surface area (Å²) in [4.78, 5) is 21.1. The Labute approximate surface area is 177 Å². The van der Waals surface area contributed by atoms with Gasteiger partial charge in [0.2, 0.25) is 0 Å². The molecule has 2 N–H and O–H groups in total. The molecule has 1 aliphatic rings. The molecule has 0 unspecified atom stereocenters. The predicted octanol–water partition coefficient (Wildman–Crippen LogP) is 3.68. The minimum Gasteiger partial charge on any atom is -0.444 e. The highest BCUT2D eigenvalue weighted by Crippen LogP contribution is 2.19. The summed E-state index contributed by atoms with van der Waals surface area (Å²) >= 11 is 6.81. The molecule has 0 saturated carbocycles. The normalized spacial score (nSPS) is 15.5. The van der Waals surface area contributed by atoms with E-state index in [9.17, 15) is 4.79 Å². The largest absolute Gasteiger partial charge is 0.444 e. The van der Waals surface area contributed by atoms with Gasteiger partial charge in [0.15, 0.2) is 5.17 Å². The van der Waals surface area contributed by atoms with Gasteiger partial charge in [-0.3, -0.25) is 0 Å². The third-order valence-corrected chi connectivity index (χ3v) is 5.03. The number of hydrogen-bond acceptors (Lipinski definition) is 5. The second kappa shape index (κ2) is 10.1. The van der Waals surface area contributed by atoms with E-state index in [4.69, 9.17) is 22.7 Å². The van der Waals surface area contributed by atoms with Gasteiger partial charge in [0.1, 0.15) is 10.6 Å². The Kier molecular flexibility index (Phi) is 8.12. The van der Waals surface area contributed by atoms with Crippen LogP contribution in [0.5, 0.6) is 0 Å². The maximum absolute atomic E-state index is 12.2. The van der Waals surface area contributed by atoms with Crippen LogP contribution in [0, 0.1) is 0 Å². The van der Waals surface area contributed by atoms with Crippen molar-refractivity contribution in [3.05, 3.63) is 29.8 Å². The fraction of sp³-hybridized carbons (Fsp3) is 0.550. The minimum atomic E-state index is -0.464. The third kappa shape index (κ3) is 7.31. The predicted molar refractivity (Wildman–Crippen MR) is 123 cm³/mol. The van der Waals surface area contributed by atoms with Gasteiger partial charge in [-0.1, -0.05) is 43.0 Å². The molecule has 1 saturated heterocycles. The van der Waals surface area contributed by atoms with E-state index in [1.807, 2.05) is 27.7 Å². The van der Waals surface area contributed by atoms with Crippen LogP contribution < -0.4 is 10.6 Å². The number of carbonyl (C=O) groups is 1. The quantitative estimate of drug-likeness (QED) is 0.453. The number of nitrogens with two attached hydrogens (primary N) is 1. The van der Waals surface area contributed by atoms with Crippen LogP contribution in [0.4, 0.5) is 10.5 Å². The summed E-state index contributed by atoms with van der Waals surface area (Å²) in [6.07, 6.45) is 0.365. The molecule has 0 aromatic heterocycles. The number of benzene rings is 1. The zero-order valence-corrected chi connectivity index (χ0v) is 18.7. The van der Waals surface area contributed by atoms with Crippen LogP contribution in [0.3, 0.4) is 0 Å². The van der Waals surface area contributed by atoms with E-state index in [0.29, 0.717) is 29.7 Å². The van der Waals surface area contributed by atoms with Crippen molar-refractivity contribution in [2.24, 2.45) is 10.7 Å². The molecule has 0 aliphatic carbocycles. The monoisotopic (exact) mass is 422 g/mol. The van der Waals surface area contributed by atoms with Crippen LogP contribution in [-0.4, -0.2) is 58.7 Å². The van der Waals surface area contributed by atoms with Gasteiger partial charge in [-0.2, -0.15) is 0 Å².